The van der Waals surface area contributed by atoms with Crippen LogP contribution in [0.15, 0.2) is 41.0 Å². The molecule has 1 fully saturated rings. The Hall–Kier alpha value is -2.51. The number of furan rings is 1. The van der Waals surface area contributed by atoms with Gasteiger partial charge in [-0.05, 0) is 42.7 Å². The number of fused-ring (bicyclic) bond motifs is 1. The van der Waals surface area contributed by atoms with Crippen molar-refractivity contribution in [1.82, 2.24) is 10.2 Å². The number of rotatable bonds is 8. The molecule has 0 spiro atoms. The summed E-state index contributed by atoms with van der Waals surface area (Å²) in [6.07, 6.45) is 3.97. The number of ether oxygens (including phenoxy) is 3. The molecule has 4 rings (SSSR count). The number of hydrogen-bond acceptors (Lipinski definition) is 6. The molecule has 0 radical (unpaired) electrons. The maximum atomic E-state index is 12.8. The highest BCUT2D eigenvalue weighted by Gasteiger charge is 2.20. The average molecular weight is 372 g/mol. The van der Waals surface area contributed by atoms with Crippen LogP contribution in [0.25, 0.3) is 0 Å². The van der Waals surface area contributed by atoms with E-state index in [0.717, 1.165) is 42.3 Å². The first kappa shape index (κ1) is 17.9. The second-order valence-electron chi connectivity index (χ2n) is 6.78. The molecule has 2 aliphatic rings. The first-order valence-electron chi connectivity index (χ1n) is 9.29. The number of amides is 1. The zero-order chi connectivity index (χ0) is 18.5. The Labute approximate surface area is 158 Å². The van der Waals surface area contributed by atoms with Gasteiger partial charge < -0.3 is 28.8 Å². The maximum absolute atomic E-state index is 12.8. The van der Waals surface area contributed by atoms with Crippen molar-refractivity contribution in [3.63, 3.8) is 0 Å². The van der Waals surface area contributed by atoms with Crippen molar-refractivity contribution in [2.45, 2.75) is 32.0 Å². The lowest BCUT2D eigenvalue weighted by Crippen LogP contribution is -2.39. The van der Waals surface area contributed by atoms with Gasteiger partial charge in [0.25, 0.3) is 0 Å². The maximum Gasteiger partial charge on any atom is 0.237 e. The van der Waals surface area contributed by atoms with E-state index in [1.807, 2.05) is 30.3 Å². The second-order valence-corrected chi connectivity index (χ2v) is 6.78. The molecule has 1 aromatic heterocycles. The molecule has 7 nitrogen and oxygen atoms in total. The Morgan fingerprint density at radius 3 is 2.93 bits per heavy atom. The van der Waals surface area contributed by atoms with E-state index in [0.29, 0.717) is 19.6 Å². The molecule has 1 unspecified atom stereocenters. The lowest BCUT2D eigenvalue weighted by molar-refractivity contribution is -0.131. The van der Waals surface area contributed by atoms with E-state index in [4.69, 9.17) is 18.6 Å². The smallest absolute Gasteiger partial charge is 0.237 e. The van der Waals surface area contributed by atoms with E-state index in [1.54, 1.807) is 11.2 Å². The zero-order valence-corrected chi connectivity index (χ0v) is 15.2. The average Bonchev–Trinajstić information content (AvgIpc) is 3.43. The molecular formula is C20H24N2O5. The van der Waals surface area contributed by atoms with Crippen LogP contribution >= 0.6 is 0 Å². The fraction of sp³-hybridized carbons (Fsp3) is 0.450. The minimum Gasteiger partial charge on any atom is -0.467 e. The van der Waals surface area contributed by atoms with Gasteiger partial charge in [0.2, 0.25) is 12.7 Å². The Kier molecular flexibility index (Phi) is 5.60. The van der Waals surface area contributed by atoms with Gasteiger partial charge in [0, 0.05) is 19.7 Å². The lowest BCUT2D eigenvalue weighted by Gasteiger charge is -2.23. The Morgan fingerprint density at radius 2 is 2.11 bits per heavy atom. The highest BCUT2D eigenvalue weighted by Crippen LogP contribution is 2.32. The van der Waals surface area contributed by atoms with Crippen molar-refractivity contribution >= 4 is 5.91 Å². The van der Waals surface area contributed by atoms with Crippen LogP contribution in [0, 0.1) is 0 Å². The monoisotopic (exact) mass is 372 g/mol. The van der Waals surface area contributed by atoms with Gasteiger partial charge in [-0.3, -0.25) is 4.79 Å². The van der Waals surface area contributed by atoms with Gasteiger partial charge in [-0.1, -0.05) is 6.07 Å². The number of carbonyl (C=O) groups excluding carboxylic acids is 1. The molecule has 7 heteroatoms. The molecule has 1 atom stereocenters. The summed E-state index contributed by atoms with van der Waals surface area (Å²) in [6.45, 7) is 2.91. The molecule has 144 valence electrons. The summed E-state index contributed by atoms with van der Waals surface area (Å²) in [4.78, 5) is 14.6. The molecule has 0 aliphatic carbocycles. The van der Waals surface area contributed by atoms with Crippen molar-refractivity contribution in [3.8, 4) is 11.5 Å². The van der Waals surface area contributed by atoms with Crippen LogP contribution in [-0.4, -0.2) is 43.4 Å². The van der Waals surface area contributed by atoms with Crippen LogP contribution in [0.3, 0.4) is 0 Å². The molecule has 0 saturated carbocycles. The predicted octanol–water partition coefficient (Wildman–Crippen LogP) is 2.31. The molecule has 1 aromatic carbocycles. The fourth-order valence-corrected chi connectivity index (χ4v) is 3.34. The lowest BCUT2D eigenvalue weighted by atomic mass is 10.2. The second kappa shape index (κ2) is 8.45. The van der Waals surface area contributed by atoms with Gasteiger partial charge in [0.1, 0.15) is 5.76 Å². The summed E-state index contributed by atoms with van der Waals surface area (Å²) in [6, 6.07) is 9.46. The summed E-state index contributed by atoms with van der Waals surface area (Å²) in [5.74, 6) is 2.22. The molecular weight excluding hydrogens is 348 g/mol. The van der Waals surface area contributed by atoms with Crippen molar-refractivity contribution in [2.75, 3.05) is 26.5 Å². The third-order valence-corrected chi connectivity index (χ3v) is 4.76. The summed E-state index contributed by atoms with van der Waals surface area (Å²) in [5.41, 5.74) is 0.985. The van der Waals surface area contributed by atoms with Gasteiger partial charge in [-0.2, -0.15) is 0 Å². The van der Waals surface area contributed by atoms with Crippen LogP contribution in [0.5, 0.6) is 11.5 Å². The molecule has 2 aromatic rings. The highest BCUT2D eigenvalue weighted by atomic mass is 16.7. The Bertz CT molecular complexity index is 756. The molecule has 1 N–H and O–H groups in total. The van der Waals surface area contributed by atoms with Crippen LogP contribution in [0.1, 0.15) is 24.2 Å². The summed E-state index contributed by atoms with van der Waals surface area (Å²) in [5, 5.41) is 3.22. The molecule has 2 aliphatic heterocycles. The third kappa shape index (κ3) is 4.61. The number of carbonyl (C=O) groups is 1. The molecule has 1 saturated heterocycles. The number of nitrogens with zero attached hydrogens (tertiary/aromatic N) is 1. The van der Waals surface area contributed by atoms with E-state index in [2.05, 4.69) is 5.32 Å². The Balaban J connectivity index is 1.39. The molecule has 3 heterocycles. The van der Waals surface area contributed by atoms with E-state index in [1.165, 1.54) is 0 Å². The van der Waals surface area contributed by atoms with E-state index in [9.17, 15) is 4.79 Å². The van der Waals surface area contributed by atoms with E-state index in [-0.39, 0.29) is 25.3 Å². The largest absolute Gasteiger partial charge is 0.467 e. The van der Waals surface area contributed by atoms with Gasteiger partial charge in [0.15, 0.2) is 11.5 Å². The highest BCUT2D eigenvalue weighted by molar-refractivity contribution is 5.78. The number of hydrogen-bond donors (Lipinski definition) is 1. The standard InChI is InChI=1S/C20H24N2O5/c23-20(11-21-10-16-3-1-7-24-16)22(13-17-4-2-8-25-17)12-15-5-6-18-19(9-15)27-14-26-18/h2,4-6,8-9,16,21H,1,3,7,10-14H2. The minimum atomic E-state index is 0.0158. The predicted molar refractivity (Wildman–Crippen MR) is 97.4 cm³/mol. The van der Waals surface area contributed by atoms with Crippen molar-refractivity contribution in [3.05, 3.63) is 47.9 Å². The zero-order valence-electron chi connectivity index (χ0n) is 15.2. The van der Waals surface area contributed by atoms with Gasteiger partial charge in [0.05, 0.1) is 25.5 Å². The SMILES string of the molecule is O=C(CNCC1CCCO1)N(Cc1ccc2c(c1)OCO2)Cc1ccco1. The fourth-order valence-electron chi connectivity index (χ4n) is 3.34. The van der Waals surface area contributed by atoms with Crippen LogP contribution < -0.4 is 14.8 Å². The minimum absolute atomic E-state index is 0.0158. The molecule has 1 amide bonds. The van der Waals surface area contributed by atoms with Crippen molar-refractivity contribution in [1.29, 1.82) is 0 Å². The molecule has 0 bridgehead atoms. The van der Waals surface area contributed by atoms with Crippen molar-refractivity contribution < 1.29 is 23.4 Å². The summed E-state index contributed by atoms with van der Waals surface area (Å²) < 4.78 is 21.8. The molecule has 27 heavy (non-hydrogen) atoms. The van der Waals surface area contributed by atoms with E-state index >= 15 is 0 Å². The topological polar surface area (TPSA) is 73.2 Å². The first-order chi connectivity index (χ1) is 13.3. The number of nitrogens with one attached hydrogen (secondary N) is 1. The van der Waals surface area contributed by atoms with Gasteiger partial charge >= 0.3 is 0 Å². The normalized spacial score (nSPS) is 18.0. The van der Waals surface area contributed by atoms with Crippen LogP contribution in [-0.2, 0) is 22.6 Å². The van der Waals surface area contributed by atoms with Crippen LogP contribution in [0.4, 0.5) is 0 Å². The van der Waals surface area contributed by atoms with Gasteiger partial charge in [-0.15, -0.1) is 0 Å². The van der Waals surface area contributed by atoms with E-state index < -0.39 is 0 Å². The van der Waals surface area contributed by atoms with Gasteiger partial charge in [-0.25, -0.2) is 0 Å². The Morgan fingerprint density at radius 1 is 1.19 bits per heavy atom. The third-order valence-electron chi connectivity index (χ3n) is 4.76. The summed E-state index contributed by atoms with van der Waals surface area (Å²) >= 11 is 0. The first-order valence-corrected chi connectivity index (χ1v) is 9.29. The van der Waals surface area contributed by atoms with Crippen LogP contribution in [0.2, 0.25) is 0 Å². The van der Waals surface area contributed by atoms with Crippen molar-refractivity contribution in [2.24, 2.45) is 0 Å². The quantitative estimate of drug-likeness (QED) is 0.767. The number of benzene rings is 1. The summed E-state index contributed by atoms with van der Waals surface area (Å²) in [7, 11) is 0.